The number of aryl methyl sites for hydroxylation is 2. The lowest BCUT2D eigenvalue weighted by Gasteiger charge is -2.28. The van der Waals surface area contributed by atoms with Gasteiger partial charge in [0.15, 0.2) is 0 Å². The summed E-state index contributed by atoms with van der Waals surface area (Å²) in [5, 5.41) is 3.12. The highest BCUT2D eigenvalue weighted by molar-refractivity contribution is 7.92. The summed E-state index contributed by atoms with van der Waals surface area (Å²) in [6, 6.07) is 14.2. The van der Waals surface area contributed by atoms with E-state index in [0.29, 0.717) is 17.5 Å². The summed E-state index contributed by atoms with van der Waals surface area (Å²) in [4.78, 5) is 13.1. The molecule has 0 aliphatic heterocycles. The van der Waals surface area contributed by atoms with Crippen molar-refractivity contribution in [3.8, 4) is 0 Å². The molecule has 0 unspecified atom stereocenters. The van der Waals surface area contributed by atoms with Crippen LogP contribution in [0.4, 0.5) is 5.69 Å². The number of anilines is 1. The number of nitrogens with one attached hydrogen (secondary N) is 1. The number of nitrogens with zero attached hydrogens (tertiary/aromatic N) is 1. The Labute approximate surface area is 173 Å². The average molecular weight is 413 g/mol. The number of fused-ring (bicyclic) bond motifs is 2. The van der Waals surface area contributed by atoms with E-state index in [1.807, 2.05) is 32.0 Å². The minimum absolute atomic E-state index is 0.182. The second-order valence-corrected chi connectivity index (χ2v) is 10.3. The van der Waals surface area contributed by atoms with Gasteiger partial charge in [-0.3, -0.25) is 9.10 Å². The lowest BCUT2D eigenvalue weighted by Crippen LogP contribution is -2.46. The topological polar surface area (TPSA) is 66.5 Å². The summed E-state index contributed by atoms with van der Waals surface area (Å²) < 4.78 is 28.1. The molecule has 2 saturated carbocycles. The van der Waals surface area contributed by atoms with Gasteiger partial charge in [0.05, 0.1) is 10.6 Å². The van der Waals surface area contributed by atoms with Gasteiger partial charge in [-0.15, -0.1) is 0 Å². The second-order valence-electron chi connectivity index (χ2n) is 8.46. The smallest absolute Gasteiger partial charge is 0.264 e. The maximum atomic E-state index is 13.4. The molecule has 0 spiro atoms. The largest absolute Gasteiger partial charge is 0.352 e. The molecule has 5 nitrogen and oxygen atoms in total. The Balaban J connectivity index is 1.63. The number of rotatable bonds is 6. The summed E-state index contributed by atoms with van der Waals surface area (Å²) in [7, 11) is -3.86. The monoisotopic (exact) mass is 412 g/mol. The maximum absolute atomic E-state index is 13.4. The van der Waals surface area contributed by atoms with Crippen LogP contribution in [0.15, 0.2) is 53.4 Å². The third-order valence-electron chi connectivity index (χ3n) is 6.34. The zero-order valence-electron chi connectivity index (χ0n) is 17.0. The minimum Gasteiger partial charge on any atom is -0.352 e. The van der Waals surface area contributed by atoms with Gasteiger partial charge in [0.25, 0.3) is 10.0 Å². The first kappa shape index (κ1) is 20.0. The fourth-order valence-corrected chi connectivity index (χ4v) is 6.31. The van der Waals surface area contributed by atoms with Gasteiger partial charge >= 0.3 is 0 Å². The Bertz CT molecular complexity index is 1000. The van der Waals surface area contributed by atoms with Crippen molar-refractivity contribution in [2.24, 2.45) is 11.8 Å². The van der Waals surface area contributed by atoms with Crippen molar-refractivity contribution in [1.29, 1.82) is 0 Å². The Hall–Kier alpha value is -2.34. The number of carbonyl (C=O) groups excluding carboxylic acids is 1. The molecule has 154 valence electrons. The Morgan fingerprint density at radius 3 is 2.48 bits per heavy atom. The third-order valence-corrected chi connectivity index (χ3v) is 8.11. The number of carbonyl (C=O) groups is 1. The highest BCUT2D eigenvalue weighted by Gasteiger charge is 2.40. The third kappa shape index (κ3) is 4.04. The summed E-state index contributed by atoms with van der Waals surface area (Å²) >= 11 is 0. The first-order valence-corrected chi connectivity index (χ1v) is 11.7. The molecule has 2 aromatic rings. The van der Waals surface area contributed by atoms with Gasteiger partial charge in [-0.2, -0.15) is 0 Å². The highest BCUT2D eigenvalue weighted by Crippen LogP contribution is 2.44. The molecule has 4 rings (SSSR count). The lowest BCUT2D eigenvalue weighted by atomic mass is 9.95. The van der Waals surface area contributed by atoms with Gasteiger partial charge in [-0.1, -0.05) is 36.8 Å². The Kier molecular flexibility index (Phi) is 5.38. The molecule has 2 bridgehead atoms. The maximum Gasteiger partial charge on any atom is 0.264 e. The van der Waals surface area contributed by atoms with Crippen LogP contribution in [-0.2, 0) is 14.8 Å². The van der Waals surface area contributed by atoms with Gasteiger partial charge in [0, 0.05) is 6.04 Å². The summed E-state index contributed by atoms with van der Waals surface area (Å²) in [5.74, 6) is 1.03. The summed E-state index contributed by atoms with van der Waals surface area (Å²) in [6.07, 6.45) is 4.63. The quantitative estimate of drug-likeness (QED) is 0.785. The van der Waals surface area contributed by atoms with E-state index in [1.54, 1.807) is 30.3 Å². The van der Waals surface area contributed by atoms with E-state index in [1.165, 1.54) is 23.6 Å². The van der Waals surface area contributed by atoms with E-state index in [0.717, 1.165) is 17.5 Å². The predicted molar refractivity (Wildman–Crippen MR) is 114 cm³/mol. The van der Waals surface area contributed by atoms with Crippen molar-refractivity contribution >= 4 is 21.6 Å². The van der Waals surface area contributed by atoms with E-state index < -0.39 is 10.0 Å². The zero-order valence-corrected chi connectivity index (χ0v) is 17.8. The number of hydrogen-bond donors (Lipinski definition) is 1. The van der Waals surface area contributed by atoms with Gasteiger partial charge in [0.1, 0.15) is 6.54 Å². The van der Waals surface area contributed by atoms with Crippen molar-refractivity contribution in [2.75, 3.05) is 10.8 Å². The van der Waals surface area contributed by atoms with Crippen molar-refractivity contribution < 1.29 is 13.2 Å². The molecular weight excluding hydrogens is 384 g/mol. The van der Waals surface area contributed by atoms with Gasteiger partial charge in [-0.25, -0.2) is 8.42 Å². The van der Waals surface area contributed by atoms with E-state index in [9.17, 15) is 13.2 Å². The van der Waals surface area contributed by atoms with Crippen LogP contribution in [0, 0.1) is 25.7 Å². The number of hydrogen-bond acceptors (Lipinski definition) is 3. The SMILES string of the molecule is Cc1ccc(C)c(N(CC(=O)N[C@H]2C[C@H]3CC[C@H]2C3)S(=O)(=O)c2ccccc2)c1. The van der Waals surface area contributed by atoms with Crippen LogP contribution in [0.1, 0.15) is 36.8 Å². The van der Waals surface area contributed by atoms with Gasteiger partial charge < -0.3 is 5.32 Å². The molecule has 2 aliphatic rings. The van der Waals surface area contributed by atoms with Crippen LogP contribution in [0.5, 0.6) is 0 Å². The molecule has 1 amide bonds. The second kappa shape index (κ2) is 7.82. The van der Waals surface area contributed by atoms with E-state index in [2.05, 4.69) is 5.32 Å². The summed E-state index contributed by atoms with van der Waals surface area (Å²) in [5.41, 5.74) is 2.33. The van der Waals surface area contributed by atoms with Crippen molar-refractivity contribution in [2.45, 2.75) is 50.5 Å². The Morgan fingerprint density at radius 2 is 1.83 bits per heavy atom. The van der Waals surface area contributed by atoms with Crippen LogP contribution in [-0.4, -0.2) is 26.9 Å². The molecule has 0 heterocycles. The van der Waals surface area contributed by atoms with Crippen molar-refractivity contribution in [3.05, 3.63) is 59.7 Å². The highest BCUT2D eigenvalue weighted by atomic mass is 32.2. The number of amides is 1. The molecule has 2 fully saturated rings. The first-order chi connectivity index (χ1) is 13.8. The average Bonchev–Trinajstić information content (AvgIpc) is 3.32. The number of benzene rings is 2. The van der Waals surface area contributed by atoms with Crippen LogP contribution in [0.25, 0.3) is 0 Å². The van der Waals surface area contributed by atoms with Crippen molar-refractivity contribution in [1.82, 2.24) is 5.32 Å². The molecule has 0 aromatic heterocycles. The standard InChI is InChI=1S/C23H28N2O3S/c1-16-8-9-17(2)22(12-16)25(29(27,28)20-6-4-3-5-7-20)15-23(26)24-21-14-18-10-11-19(21)13-18/h3-9,12,18-19,21H,10-11,13-15H2,1-2H3,(H,24,26)/t18-,19-,21-/m0/s1. The Morgan fingerprint density at radius 1 is 1.07 bits per heavy atom. The zero-order chi connectivity index (χ0) is 20.6. The molecule has 2 aromatic carbocycles. The predicted octanol–water partition coefficient (Wildman–Crippen LogP) is 3.80. The molecule has 3 atom stereocenters. The fraction of sp³-hybridized carbons (Fsp3) is 0.435. The normalized spacial score (nSPS) is 23.2. The van der Waals surface area contributed by atoms with Gasteiger partial charge in [-0.05, 0) is 74.3 Å². The molecule has 0 radical (unpaired) electrons. The van der Waals surface area contributed by atoms with Crippen molar-refractivity contribution in [3.63, 3.8) is 0 Å². The van der Waals surface area contributed by atoms with E-state index in [4.69, 9.17) is 0 Å². The molecule has 1 N–H and O–H groups in total. The molecule has 6 heteroatoms. The fourth-order valence-electron chi connectivity index (χ4n) is 4.81. The van der Waals surface area contributed by atoms with Gasteiger partial charge in [0.2, 0.25) is 5.91 Å². The van der Waals surface area contributed by atoms with Crippen LogP contribution in [0.2, 0.25) is 0 Å². The van der Waals surface area contributed by atoms with Crippen LogP contribution in [0.3, 0.4) is 0 Å². The molecule has 29 heavy (non-hydrogen) atoms. The van der Waals surface area contributed by atoms with E-state index >= 15 is 0 Å². The molecule has 0 saturated heterocycles. The van der Waals surface area contributed by atoms with Crippen LogP contribution < -0.4 is 9.62 Å². The summed E-state index contributed by atoms with van der Waals surface area (Å²) in [6.45, 7) is 3.58. The molecular formula is C23H28N2O3S. The minimum atomic E-state index is -3.86. The molecule has 2 aliphatic carbocycles. The van der Waals surface area contributed by atoms with E-state index in [-0.39, 0.29) is 23.4 Å². The van der Waals surface area contributed by atoms with Crippen LogP contribution >= 0.6 is 0 Å². The lowest BCUT2D eigenvalue weighted by molar-refractivity contribution is -0.120. The first-order valence-electron chi connectivity index (χ1n) is 10.3. The number of sulfonamides is 1.